The minimum absolute atomic E-state index is 0.0300. The third-order valence-corrected chi connectivity index (χ3v) is 4.67. The molecule has 0 saturated heterocycles. The molecule has 0 unspecified atom stereocenters. The predicted octanol–water partition coefficient (Wildman–Crippen LogP) is 1.88. The summed E-state index contributed by atoms with van der Waals surface area (Å²) in [5.41, 5.74) is 2.32. The average Bonchev–Trinajstić information content (AvgIpc) is 3.30. The summed E-state index contributed by atoms with van der Waals surface area (Å²) in [5.74, 6) is -0.883. The molecule has 0 aromatic carbocycles. The number of hydrogen-bond acceptors (Lipinski definition) is 7. The van der Waals surface area contributed by atoms with Gasteiger partial charge in [0.15, 0.2) is 11.3 Å². The molecule has 0 aliphatic heterocycles. The first-order chi connectivity index (χ1) is 14.8. The standard InChI is InChI=1S/C18H18F3N7O3/c19-18(20,21)4-3-14(29)22-6-10-5-13-25-12(9-28(13)24-7-10)8-23-17(30)16-15(11-1-2-11)26-31-27-16/h5,7,9,11H,1-4,6,8H2,(H,22,29)(H,23,30). The van der Waals surface area contributed by atoms with E-state index in [0.29, 0.717) is 22.6 Å². The Kier molecular flexibility index (Phi) is 5.57. The number of rotatable bonds is 8. The number of aromatic nitrogens is 5. The van der Waals surface area contributed by atoms with Gasteiger partial charge in [-0.15, -0.1) is 0 Å². The van der Waals surface area contributed by atoms with Crippen molar-refractivity contribution in [2.24, 2.45) is 0 Å². The maximum absolute atomic E-state index is 12.3. The molecule has 3 heterocycles. The molecule has 10 nitrogen and oxygen atoms in total. The summed E-state index contributed by atoms with van der Waals surface area (Å²) < 4.78 is 42.7. The van der Waals surface area contributed by atoms with Crippen LogP contribution in [0.4, 0.5) is 13.2 Å². The van der Waals surface area contributed by atoms with Gasteiger partial charge in [0.25, 0.3) is 5.91 Å². The molecule has 3 aromatic rings. The molecule has 0 bridgehead atoms. The quantitative estimate of drug-likeness (QED) is 0.551. The van der Waals surface area contributed by atoms with E-state index in [-0.39, 0.29) is 24.7 Å². The summed E-state index contributed by atoms with van der Waals surface area (Å²) >= 11 is 0. The van der Waals surface area contributed by atoms with Crippen molar-refractivity contribution in [3.8, 4) is 0 Å². The number of halogens is 3. The van der Waals surface area contributed by atoms with Crippen LogP contribution in [-0.4, -0.2) is 42.9 Å². The van der Waals surface area contributed by atoms with Crippen LogP contribution in [0.3, 0.4) is 0 Å². The Labute approximate surface area is 173 Å². The lowest BCUT2D eigenvalue weighted by atomic mass is 10.2. The molecular weight excluding hydrogens is 419 g/mol. The van der Waals surface area contributed by atoms with Gasteiger partial charge in [-0.25, -0.2) is 14.1 Å². The molecule has 164 valence electrons. The molecule has 3 aromatic heterocycles. The number of nitrogens with zero attached hydrogens (tertiary/aromatic N) is 5. The highest BCUT2D eigenvalue weighted by molar-refractivity contribution is 5.93. The molecule has 31 heavy (non-hydrogen) atoms. The van der Waals surface area contributed by atoms with Gasteiger partial charge in [0.2, 0.25) is 5.91 Å². The summed E-state index contributed by atoms with van der Waals surface area (Å²) in [6.07, 6.45) is -1.15. The number of hydrogen-bond donors (Lipinski definition) is 2. The van der Waals surface area contributed by atoms with Crippen LogP contribution in [0.5, 0.6) is 0 Å². The number of fused-ring (bicyclic) bond motifs is 1. The van der Waals surface area contributed by atoms with Crippen molar-refractivity contribution in [1.82, 2.24) is 35.5 Å². The molecule has 1 aliphatic carbocycles. The lowest BCUT2D eigenvalue weighted by Gasteiger charge is -2.07. The van der Waals surface area contributed by atoms with Crippen molar-refractivity contribution in [1.29, 1.82) is 0 Å². The number of alkyl halides is 3. The van der Waals surface area contributed by atoms with E-state index >= 15 is 0 Å². The maximum Gasteiger partial charge on any atom is 0.389 e. The zero-order valence-corrected chi connectivity index (χ0v) is 16.1. The van der Waals surface area contributed by atoms with Crippen LogP contribution >= 0.6 is 0 Å². The van der Waals surface area contributed by atoms with Gasteiger partial charge in [-0.2, -0.15) is 18.3 Å². The fourth-order valence-corrected chi connectivity index (χ4v) is 2.92. The van der Waals surface area contributed by atoms with Crippen LogP contribution in [0.1, 0.15) is 59.0 Å². The van der Waals surface area contributed by atoms with Crippen molar-refractivity contribution >= 4 is 17.5 Å². The first kappa shape index (κ1) is 20.8. The van der Waals surface area contributed by atoms with Crippen molar-refractivity contribution in [2.75, 3.05) is 0 Å². The van der Waals surface area contributed by atoms with E-state index in [1.807, 2.05) is 0 Å². The summed E-state index contributed by atoms with van der Waals surface area (Å²) in [6.45, 7) is 0.158. The number of carbonyl (C=O) groups is 2. The van der Waals surface area contributed by atoms with E-state index in [1.165, 1.54) is 10.7 Å². The van der Waals surface area contributed by atoms with Gasteiger partial charge in [-0.3, -0.25) is 9.59 Å². The third kappa shape index (κ3) is 5.35. The first-order valence-corrected chi connectivity index (χ1v) is 9.56. The predicted molar refractivity (Wildman–Crippen MR) is 97.6 cm³/mol. The second kappa shape index (κ2) is 8.32. The second-order valence-electron chi connectivity index (χ2n) is 7.25. The van der Waals surface area contributed by atoms with Crippen LogP contribution in [0.15, 0.2) is 23.1 Å². The third-order valence-electron chi connectivity index (χ3n) is 4.67. The van der Waals surface area contributed by atoms with E-state index in [0.717, 1.165) is 12.8 Å². The molecule has 0 radical (unpaired) electrons. The number of nitrogens with one attached hydrogen (secondary N) is 2. The number of imidazole rings is 1. The molecular formula is C18H18F3N7O3. The second-order valence-corrected chi connectivity index (χ2v) is 7.25. The first-order valence-electron chi connectivity index (χ1n) is 9.56. The van der Waals surface area contributed by atoms with Crippen molar-refractivity contribution in [3.63, 3.8) is 0 Å². The van der Waals surface area contributed by atoms with Crippen LogP contribution in [-0.2, 0) is 17.9 Å². The average molecular weight is 437 g/mol. The Morgan fingerprint density at radius 2 is 2.00 bits per heavy atom. The van der Waals surface area contributed by atoms with Crippen LogP contribution < -0.4 is 10.6 Å². The summed E-state index contributed by atoms with van der Waals surface area (Å²) in [5, 5.41) is 16.8. The highest BCUT2D eigenvalue weighted by atomic mass is 19.4. The monoisotopic (exact) mass is 437 g/mol. The number of amides is 2. The molecule has 1 fully saturated rings. The Morgan fingerprint density at radius 1 is 1.19 bits per heavy atom. The fourth-order valence-electron chi connectivity index (χ4n) is 2.92. The minimum Gasteiger partial charge on any atom is -0.352 e. The van der Waals surface area contributed by atoms with E-state index in [2.05, 4.69) is 35.7 Å². The molecule has 2 N–H and O–H groups in total. The molecule has 0 spiro atoms. The Balaban J connectivity index is 1.32. The molecule has 2 amide bonds. The lowest BCUT2D eigenvalue weighted by molar-refractivity contribution is -0.144. The van der Waals surface area contributed by atoms with Gasteiger partial charge in [0.05, 0.1) is 31.1 Å². The van der Waals surface area contributed by atoms with Gasteiger partial charge in [-0.1, -0.05) is 5.16 Å². The normalized spacial score (nSPS) is 14.0. The Hall–Kier alpha value is -3.51. The highest BCUT2D eigenvalue weighted by Gasteiger charge is 2.33. The Bertz CT molecular complexity index is 1100. The van der Waals surface area contributed by atoms with Crippen molar-refractivity contribution in [2.45, 2.75) is 50.9 Å². The summed E-state index contributed by atoms with van der Waals surface area (Å²) in [7, 11) is 0. The SMILES string of the molecule is O=C(CCC(F)(F)F)NCc1cnn2cc(CNC(=O)c3nonc3C3CC3)nc2c1. The van der Waals surface area contributed by atoms with Gasteiger partial charge in [0, 0.05) is 18.9 Å². The lowest BCUT2D eigenvalue weighted by Crippen LogP contribution is -2.24. The highest BCUT2D eigenvalue weighted by Crippen LogP contribution is 2.40. The minimum atomic E-state index is -4.37. The molecule has 4 rings (SSSR count). The Morgan fingerprint density at radius 3 is 2.74 bits per heavy atom. The van der Waals surface area contributed by atoms with Gasteiger partial charge >= 0.3 is 6.18 Å². The molecule has 0 atom stereocenters. The van der Waals surface area contributed by atoms with Crippen molar-refractivity contribution in [3.05, 3.63) is 41.1 Å². The van der Waals surface area contributed by atoms with Crippen molar-refractivity contribution < 1.29 is 27.4 Å². The maximum atomic E-state index is 12.3. The van der Waals surface area contributed by atoms with E-state index in [9.17, 15) is 22.8 Å². The van der Waals surface area contributed by atoms with E-state index < -0.39 is 30.8 Å². The van der Waals surface area contributed by atoms with Gasteiger partial charge in [0.1, 0.15) is 5.69 Å². The fraction of sp³-hybridized carbons (Fsp3) is 0.444. The zero-order valence-electron chi connectivity index (χ0n) is 16.1. The van der Waals surface area contributed by atoms with Crippen LogP contribution in [0.2, 0.25) is 0 Å². The van der Waals surface area contributed by atoms with Gasteiger partial charge in [-0.05, 0) is 29.6 Å². The topological polar surface area (TPSA) is 127 Å². The molecule has 1 saturated carbocycles. The molecule has 13 heteroatoms. The summed E-state index contributed by atoms with van der Waals surface area (Å²) in [6, 6.07) is 1.65. The van der Waals surface area contributed by atoms with Crippen LogP contribution in [0, 0.1) is 0 Å². The smallest absolute Gasteiger partial charge is 0.352 e. The van der Waals surface area contributed by atoms with Crippen LogP contribution in [0.25, 0.3) is 5.65 Å². The largest absolute Gasteiger partial charge is 0.389 e. The number of carbonyl (C=O) groups excluding carboxylic acids is 2. The van der Waals surface area contributed by atoms with E-state index in [1.54, 1.807) is 12.3 Å². The summed E-state index contributed by atoms with van der Waals surface area (Å²) in [4.78, 5) is 28.2. The zero-order chi connectivity index (χ0) is 22.0. The van der Waals surface area contributed by atoms with Gasteiger partial charge < -0.3 is 10.6 Å². The van der Waals surface area contributed by atoms with E-state index in [4.69, 9.17) is 0 Å². The molecule has 1 aliphatic rings.